The molecule has 0 aromatic carbocycles. The maximum absolute atomic E-state index is 12.4. The van der Waals surface area contributed by atoms with Crippen LogP contribution < -0.4 is 5.73 Å². The van der Waals surface area contributed by atoms with Crippen molar-refractivity contribution in [2.75, 3.05) is 19.6 Å². The Morgan fingerprint density at radius 2 is 1.90 bits per heavy atom. The first-order chi connectivity index (χ1) is 9.73. The number of rotatable bonds is 5. The second kappa shape index (κ2) is 7.78. The molecule has 2 unspecified atom stereocenters. The molecule has 1 heterocycles. The molecule has 0 aromatic heterocycles. The summed E-state index contributed by atoms with van der Waals surface area (Å²) in [6, 6.07) is -0.218. The fourth-order valence-electron chi connectivity index (χ4n) is 2.89. The lowest BCUT2D eigenvalue weighted by molar-refractivity contribution is -0.136. The van der Waals surface area contributed by atoms with E-state index < -0.39 is 6.04 Å². The van der Waals surface area contributed by atoms with Crippen molar-refractivity contribution in [3.05, 3.63) is 0 Å². The van der Waals surface area contributed by atoms with Gasteiger partial charge in [-0.15, -0.1) is 0 Å². The highest BCUT2D eigenvalue weighted by atomic mass is 16.2. The molecule has 0 radical (unpaired) electrons. The molecule has 5 heteroatoms. The van der Waals surface area contributed by atoms with E-state index in [2.05, 4.69) is 0 Å². The Balaban J connectivity index is 2.63. The third kappa shape index (κ3) is 4.99. The van der Waals surface area contributed by atoms with E-state index in [0.717, 1.165) is 32.5 Å². The zero-order chi connectivity index (χ0) is 16.2. The maximum Gasteiger partial charge on any atom is 0.239 e. The van der Waals surface area contributed by atoms with Crippen molar-refractivity contribution in [1.29, 1.82) is 0 Å². The van der Waals surface area contributed by atoms with Gasteiger partial charge in [-0.2, -0.15) is 0 Å². The summed E-state index contributed by atoms with van der Waals surface area (Å²) in [6.45, 7) is 11.9. The fourth-order valence-corrected chi connectivity index (χ4v) is 2.89. The van der Waals surface area contributed by atoms with Gasteiger partial charge in [-0.3, -0.25) is 9.59 Å². The number of hydrogen-bond donors (Lipinski definition) is 1. The first kappa shape index (κ1) is 18.0. The van der Waals surface area contributed by atoms with Crippen LogP contribution in [0.3, 0.4) is 0 Å². The monoisotopic (exact) mass is 297 g/mol. The molecule has 1 aliphatic rings. The lowest BCUT2D eigenvalue weighted by atomic mass is 9.95. The van der Waals surface area contributed by atoms with E-state index in [0.29, 0.717) is 5.92 Å². The molecule has 2 N–H and O–H groups in total. The zero-order valence-electron chi connectivity index (χ0n) is 14.1. The Labute approximate surface area is 128 Å². The van der Waals surface area contributed by atoms with Crippen LogP contribution >= 0.6 is 0 Å². The van der Waals surface area contributed by atoms with Crippen LogP contribution in [0.15, 0.2) is 0 Å². The van der Waals surface area contributed by atoms with Crippen LogP contribution in [0.5, 0.6) is 0 Å². The van der Waals surface area contributed by atoms with Gasteiger partial charge in [0.1, 0.15) is 0 Å². The van der Waals surface area contributed by atoms with E-state index >= 15 is 0 Å². The van der Waals surface area contributed by atoms with Crippen LogP contribution in [-0.4, -0.2) is 53.3 Å². The van der Waals surface area contributed by atoms with Gasteiger partial charge < -0.3 is 15.5 Å². The van der Waals surface area contributed by atoms with Crippen molar-refractivity contribution in [3.63, 3.8) is 0 Å². The van der Waals surface area contributed by atoms with Gasteiger partial charge in [-0.1, -0.05) is 13.8 Å². The Morgan fingerprint density at radius 3 is 2.38 bits per heavy atom. The predicted molar refractivity (Wildman–Crippen MR) is 84.6 cm³/mol. The summed E-state index contributed by atoms with van der Waals surface area (Å²) in [7, 11) is 0. The summed E-state index contributed by atoms with van der Waals surface area (Å²) in [6.07, 6.45) is 2.06. The number of hydrogen-bond acceptors (Lipinski definition) is 3. The molecule has 0 spiro atoms. The van der Waals surface area contributed by atoms with E-state index in [1.54, 1.807) is 6.92 Å². The second-order valence-electron chi connectivity index (χ2n) is 6.83. The number of amides is 2. The van der Waals surface area contributed by atoms with Gasteiger partial charge in [-0.05, 0) is 38.5 Å². The fraction of sp³-hybridized carbons (Fsp3) is 0.875. The summed E-state index contributed by atoms with van der Waals surface area (Å²) in [4.78, 5) is 27.8. The van der Waals surface area contributed by atoms with Crippen molar-refractivity contribution in [1.82, 2.24) is 9.80 Å². The average molecular weight is 297 g/mol. The van der Waals surface area contributed by atoms with E-state index in [-0.39, 0.29) is 23.8 Å². The molecule has 122 valence electrons. The van der Waals surface area contributed by atoms with Crippen molar-refractivity contribution in [3.8, 4) is 0 Å². The SMILES string of the molecule is CC(=O)N(CC1CCCN(C(=O)C(N)C(C)C)C1)C(C)C. The molecular weight excluding hydrogens is 266 g/mol. The highest BCUT2D eigenvalue weighted by molar-refractivity contribution is 5.82. The molecule has 0 aliphatic carbocycles. The molecule has 0 bridgehead atoms. The largest absolute Gasteiger partial charge is 0.341 e. The van der Waals surface area contributed by atoms with Crippen LogP contribution in [0, 0.1) is 11.8 Å². The highest BCUT2D eigenvalue weighted by Gasteiger charge is 2.30. The van der Waals surface area contributed by atoms with Crippen molar-refractivity contribution in [2.45, 2.75) is 59.5 Å². The summed E-state index contributed by atoms with van der Waals surface area (Å²) < 4.78 is 0. The molecule has 0 aromatic rings. The molecule has 1 aliphatic heterocycles. The third-order valence-electron chi connectivity index (χ3n) is 4.32. The maximum atomic E-state index is 12.4. The number of piperidine rings is 1. The molecule has 21 heavy (non-hydrogen) atoms. The normalized spacial score (nSPS) is 20.8. The first-order valence-corrected chi connectivity index (χ1v) is 8.05. The smallest absolute Gasteiger partial charge is 0.239 e. The third-order valence-corrected chi connectivity index (χ3v) is 4.32. The quantitative estimate of drug-likeness (QED) is 0.835. The number of carbonyl (C=O) groups is 2. The molecule has 1 fully saturated rings. The van der Waals surface area contributed by atoms with Crippen molar-refractivity contribution < 1.29 is 9.59 Å². The Hall–Kier alpha value is -1.10. The Morgan fingerprint density at radius 1 is 1.29 bits per heavy atom. The minimum absolute atomic E-state index is 0.0496. The molecule has 2 amide bonds. The zero-order valence-corrected chi connectivity index (χ0v) is 14.1. The predicted octanol–water partition coefficient (Wildman–Crippen LogP) is 1.47. The van der Waals surface area contributed by atoms with Gasteiger partial charge in [0.2, 0.25) is 11.8 Å². The summed E-state index contributed by atoms with van der Waals surface area (Å²) in [5.41, 5.74) is 5.98. The first-order valence-electron chi connectivity index (χ1n) is 8.05. The molecule has 1 saturated heterocycles. The van der Waals surface area contributed by atoms with Gasteiger partial charge in [-0.25, -0.2) is 0 Å². The Bertz CT molecular complexity index is 369. The number of nitrogens with two attached hydrogens (primary N) is 1. The highest BCUT2D eigenvalue weighted by Crippen LogP contribution is 2.20. The molecular formula is C16H31N3O2. The summed E-state index contributed by atoms with van der Waals surface area (Å²) in [5.74, 6) is 0.663. The number of likely N-dealkylation sites (tertiary alicyclic amines) is 1. The van der Waals surface area contributed by atoms with Crippen LogP contribution in [0.1, 0.15) is 47.5 Å². The van der Waals surface area contributed by atoms with E-state index in [4.69, 9.17) is 5.73 Å². The van der Waals surface area contributed by atoms with Crippen LogP contribution in [0.4, 0.5) is 0 Å². The van der Waals surface area contributed by atoms with Gasteiger partial charge >= 0.3 is 0 Å². The van der Waals surface area contributed by atoms with E-state index in [1.807, 2.05) is 37.5 Å². The summed E-state index contributed by atoms with van der Waals surface area (Å²) >= 11 is 0. The summed E-state index contributed by atoms with van der Waals surface area (Å²) in [5, 5.41) is 0. The van der Waals surface area contributed by atoms with Gasteiger partial charge in [0, 0.05) is 32.6 Å². The van der Waals surface area contributed by atoms with E-state index in [9.17, 15) is 9.59 Å². The molecule has 0 saturated carbocycles. The van der Waals surface area contributed by atoms with Gasteiger partial charge in [0.05, 0.1) is 6.04 Å². The molecule has 1 rings (SSSR count). The van der Waals surface area contributed by atoms with Gasteiger partial charge in [0.25, 0.3) is 0 Å². The van der Waals surface area contributed by atoms with Crippen LogP contribution in [-0.2, 0) is 9.59 Å². The van der Waals surface area contributed by atoms with Crippen LogP contribution in [0.2, 0.25) is 0 Å². The van der Waals surface area contributed by atoms with Gasteiger partial charge in [0.15, 0.2) is 0 Å². The van der Waals surface area contributed by atoms with Crippen LogP contribution in [0.25, 0.3) is 0 Å². The van der Waals surface area contributed by atoms with E-state index in [1.165, 1.54) is 0 Å². The topological polar surface area (TPSA) is 66.6 Å². The lowest BCUT2D eigenvalue weighted by Gasteiger charge is -2.38. The minimum Gasteiger partial charge on any atom is -0.341 e. The lowest BCUT2D eigenvalue weighted by Crippen LogP contribution is -2.52. The second-order valence-corrected chi connectivity index (χ2v) is 6.83. The molecule has 5 nitrogen and oxygen atoms in total. The van der Waals surface area contributed by atoms with Crippen molar-refractivity contribution >= 4 is 11.8 Å². The number of carbonyl (C=O) groups excluding carboxylic acids is 2. The Kier molecular flexibility index (Phi) is 6.65. The number of nitrogens with zero attached hydrogens (tertiary/aromatic N) is 2. The standard InChI is InChI=1S/C16H31N3O2/c1-11(2)15(17)16(21)18-8-6-7-14(9-18)10-19(12(3)4)13(5)20/h11-12,14-15H,6-10,17H2,1-5H3. The van der Waals surface area contributed by atoms with Crippen molar-refractivity contribution in [2.24, 2.45) is 17.6 Å². The minimum atomic E-state index is -0.419. The molecule has 2 atom stereocenters. The average Bonchev–Trinajstić information content (AvgIpc) is 2.42.